The summed E-state index contributed by atoms with van der Waals surface area (Å²) in [5.74, 6) is -1.57. The number of likely N-dealkylation sites (tertiary alicyclic amines) is 1. The zero-order valence-corrected chi connectivity index (χ0v) is 29.6. The minimum absolute atomic E-state index is 0.0250. The fraction of sp³-hybridized carbons (Fsp3) is 0.811. The summed E-state index contributed by atoms with van der Waals surface area (Å²) in [5.41, 5.74) is -0.0334. The molecular formula is C37H59N5O5. The number of hydrogen-bond donors (Lipinski definition) is 4. The minimum atomic E-state index is -0.938. The van der Waals surface area contributed by atoms with Gasteiger partial charge in [-0.2, -0.15) is 0 Å². The summed E-state index contributed by atoms with van der Waals surface area (Å²) >= 11 is 0. The third kappa shape index (κ3) is 6.34. The van der Waals surface area contributed by atoms with Crippen LogP contribution in [0.5, 0.6) is 0 Å². The van der Waals surface area contributed by atoms with Gasteiger partial charge in [0.05, 0.1) is 12.1 Å². The Balaban J connectivity index is 1.41. The molecule has 262 valence electrons. The van der Waals surface area contributed by atoms with Gasteiger partial charge in [-0.15, -0.1) is 0 Å². The highest BCUT2D eigenvalue weighted by atomic mass is 16.2. The lowest BCUT2D eigenvalue weighted by Crippen LogP contribution is -2.59. The molecule has 0 radical (unpaired) electrons. The van der Waals surface area contributed by atoms with Gasteiger partial charge in [0.1, 0.15) is 12.1 Å². The first-order chi connectivity index (χ1) is 22.1. The van der Waals surface area contributed by atoms with Crippen LogP contribution in [0.2, 0.25) is 0 Å². The Kier molecular flexibility index (Phi) is 9.93. The molecule has 2 spiro atoms. The summed E-state index contributed by atoms with van der Waals surface area (Å²) in [4.78, 5) is 68.5. The summed E-state index contributed by atoms with van der Waals surface area (Å²) in [5, 5.41) is 12.1. The van der Waals surface area contributed by atoms with Crippen molar-refractivity contribution < 1.29 is 24.0 Å². The third-order valence-electron chi connectivity index (χ3n) is 12.9. The summed E-state index contributed by atoms with van der Waals surface area (Å²) in [6.07, 6.45) is 12.7. The number of Topliss-reactive ketones (excluding diaryl/α,β-unsaturated/α-hetero) is 1. The molecule has 0 bridgehead atoms. The van der Waals surface area contributed by atoms with E-state index in [1.165, 1.54) is 6.42 Å². The van der Waals surface area contributed by atoms with Crippen LogP contribution < -0.4 is 21.3 Å². The number of fused-ring (bicyclic) bond motifs is 1. The van der Waals surface area contributed by atoms with Crippen molar-refractivity contribution in [2.45, 2.75) is 155 Å². The van der Waals surface area contributed by atoms with Gasteiger partial charge in [0.25, 0.3) is 5.91 Å². The highest BCUT2D eigenvalue weighted by Crippen LogP contribution is 2.88. The van der Waals surface area contributed by atoms with Crippen LogP contribution in [0.4, 0.5) is 0 Å². The summed E-state index contributed by atoms with van der Waals surface area (Å²) < 4.78 is 0. The molecule has 5 rings (SSSR count). The van der Waals surface area contributed by atoms with Crippen LogP contribution in [0.1, 0.15) is 125 Å². The average Bonchev–Trinajstić information content (AvgIpc) is 3.82. The second-order valence-electron chi connectivity index (χ2n) is 16.9. The van der Waals surface area contributed by atoms with Gasteiger partial charge in [-0.05, 0) is 73.5 Å². The average molecular weight is 654 g/mol. The molecule has 5 fully saturated rings. The second-order valence-corrected chi connectivity index (χ2v) is 16.9. The summed E-state index contributed by atoms with van der Waals surface area (Å²) in [6, 6.07) is -2.65. The van der Waals surface area contributed by atoms with E-state index in [0.717, 1.165) is 64.2 Å². The zero-order valence-electron chi connectivity index (χ0n) is 29.6. The van der Waals surface area contributed by atoms with E-state index in [0.29, 0.717) is 31.5 Å². The van der Waals surface area contributed by atoms with Crippen molar-refractivity contribution in [3.05, 3.63) is 12.3 Å². The Hall–Kier alpha value is -2.91. The smallest absolute Gasteiger partial charge is 0.289 e. The lowest BCUT2D eigenvalue weighted by Gasteiger charge is -2.39. The van der Waals surface area contributed by atoms with Crippen molar-refractivity contribution in [3.63, 3.8) is 0 Å². The SMILES string of the molecule is C=C(NC(C(=O)N1C[C@]2(CC1C(=O)N[C@@H](CCC)C(=O)C(=O)NC1CC1)C(C)(C)C21CCC1)C(C)(C)C)[C@@H](NC=O)C1CCCCC1. The molecule has 0 aromatic carbocycles. The Bertz CT molecular complexity index is 1260. The van der Waals surface area contributed by atoms with Gasteiger partial charge in [0, 0.05) is 23.7 Å². The van der Waals surface area contributed by atoms with Gasteiger partial charge >= 0.3 is 0 Å². The molecule has 1 heterocycles. The Morgan fingerprint density at radius 2 is 1.62 bits per heavy atom. The normalized spacial score (nSPS) is 28.0. The number of rotatable bonds is 14. The molecule has 1 saturated heterocycles. The quantitative estimate of drug-likeness (QED) is 0.165. The number of amides is 4. The first-order valence-corrected chi connectivity index (χ1v) is 18.2. The van der Waals surface area contributed by atoms with Crippen LogP contribution in [0.15, 0.2) is 12.3 Å². The molecule has 4 amide bonds. The van der Waals surface area contributed by atoms with E-state index in [2.05, 4.69) is 41.7 Å². The predicted molar refractivity (Wildman–Crippen MR) is 181 cm³/mol. The maximum absolute atomic E-state index is 14.8. The van der Waals surface area contributed by atoms with Gasteiger partial charge in [0.15, 0.2) is 0 Å². The lowest BCUT2D eigenvalue weighted by atomic mass is 9.73. The molecule has 0 aromatic heterocycles. The van der Waals surface area contributed by atoms with E-state index in [-0.39, 0.29) is 46.1 Å². The van der Waals surface area contributed by atoms with Crippen LogP contribution >= 0.6 is 0 Å². The largest absolute Gasteiger partial charge is 0.375 e. The minimum Gasteiger partial charge on any atom is -0.375 e. The maximum Gasteiger partial charge on any atom is 0.289 e. The van der Waals surface area contributed by atoms with Crippen molar-refractivity contribution in [2.24, 2.45) is 27.6 Å². The van der Waals surface area contributed by atoms with Gasteiger partial charge in [-0.25, -0.2) is 0 Å². The number of ketones is 1. The van der Waals surface area contributed by atoms with Crippen LogP contribution in [0, 0.1) is 27.6 Å². The highest BCUT2D eigenvalue weighted by molar-refractivity contribution is 6.38. The molecule has 10 nitrogen and oxygen atoms in total. The predicted octanol–water partition coefficient (Wildman–Crippen LogP) is 4.13. The Labute approximate surface area is 281 Å². The van der Waals surface area contributed by atoms with Crippen molar-refractivity contribution in [1.29, 1.82) is 0 Å². The van der Waals surface area contributed by atoms with E-state index in [1.54, 1.807) is 4.90 Å². The molecule has 2 unspecified atom stereocenters. The zero-order chi connectivity index (χ0) is 34.4. The van der Waals surface area contributed by atoms with Crippen molar-refractivity contribution in [1.82, 2.24) is 26.2 Å². The molecule has 4 N–H and O–H groups in total. The Morgan fingerprint density at radius 1 is 0.957 bits per heavy atom. The van der Waals surface area contributed by atoms with Crippen molar-refractivity contribution in [3.8, 4) is 0 Å². The second kappa shape index (κ2) is 13.2. The van der Waals surface area contributed by atoms with Gasteiger partial charge in [-0.3, -0.25) is 24.0 Å². The van der Waals surface area contributed by atoms with E-state index in [1.807, 2.05) is 27.7 Å². The highest BCUT2D eigenvalue weighted by Gasteiger charge is 2.85. The van der Waals surface area contributed by atoms with Crippen molar-refractivity contribution in [2.75, 3.05) is 6.54 Å². The molecule has 4 saturated carbocycles. The van der Waals surface area contributed by atoms with Crippen molar-refractivity contribution >= 4 is 29.9 Å². The summed E-state index contributed by atoms with van der Waals surface area (Å²) in [6.45, 7) is 17.3. The van der Waals surface area contributed by atoms with Gasteiger partial charge in [-0.1, -0.05) is 80.2 Å². The lowest BCUT2D eigenvalue weighted by molar-refractivity contribution is -0.144. The summed E-state index contributed by atoms with van der Waals surface area (Å²) in [7, 11) is 0. The van der Waals surface area contributed by atoms with E-state index >= 15 is 0 Å². The first kappa shape index (κ1) is 35.4. The maximum atomic E-state index is 14.8. The number of carbonyl (C=O) groups excluding carboxylic acids is 5. The topological polar surface area (TPSA) is 137 Å². The van der Waals surface area contributed by atoms with Crippen LogP contribution in [-0.4, -0.2) is 71.6 Å². The molecular weight excluding hydrogens is 594 g/mol. The fourth-order valence-electron chi connectivity index (χ4n) is 9.68. The monoisotopic (exact) mass is 653 g/mol. The van der Waals surface area contributed by atoms with Gasteiger partial charge in [0.2, 0.25) is 24.0 Å². The number of carbonyl (C=O) groups is 5. The van der Waals surface area contributed by atoms with Crippen LogP contribution in [0.3, 0.4) is 0 Å². The standard InChI is InChI=1S/C37H59N5O5/c1-8-13-26(29(44)32(46)40-25-16-17-25)41-31(45)27-20-37(35(6,7)36(37)18-12-19-36)21-42(27)33(47)30(34(3,4)5)39-23(2)28(38-22-43)24-14-10-9-11-15-24/h22,24-28,30,39H,2,8-21H2,1,3-7H3,(H,38,43)(H,40,46)(H,41,45)/t26-,27?,28+,30?,37+/m0/s1. The van der Waals surface area contributed by atoms with E-state index < -0.39 is 35.2 Å². The molecule has 47 heavy (non-hydrogen) atoms. The number of nitrogens with one attached hydrogen (secondary N) is 4. The molecule has 1 aliphatic heterocycles. The number of nitrogens with zero attached hydrogens (tertiary/aromatic N) is 1. The third-order valence-corrected chi connectivity index (χ3v) is 12.9. The molecule has 10 heteroatoms. The van der Waals surface area contributed by atoms with Crippen LogP contribution in [0.25, 0.3) is 0 Å². The fourth-order valence-corrected chi connectivity index (χ4v) is 9.68. The van der Waals surface area contributed by atoms with E-state index in [9.17, 15) is 24.0 Å². The Morgan fingerprint density at radius 3 is 2.13 bits per heavy atom. The molecule has 4 aliphatic carbocycles. The number of hydrogen-bond acceptors (Lipinski definition) is 6. The first-order valence-electron chi connectivity index (χ1n) is 18.2. The molecule has 0 aromatic rings. The van der Waals surface area contributed by atoms with Gasteiger partial charge < -0.3 is 26.2 Å². The van der Waals surface area contributed by atoms with E-state index in [4.69, 9.17) is 0 Å². The van der Waals surface area contributed by atoms with Crippen LogP contribution in [-0.2, 0) is 24.0 Å². The molecule has 5 aliphatic rings. The molecule has 5 atom stereocenters.